The first-order chi connectivity index (χ1) is 15.0. The number of carbonyl (C=O) groups is 2. The number of para-hydroxylation sites is 2. The summed E-state index contributed by atoms with van der Waals surface area (Å²) < 4.78 is 17.0. The predicted octanol–water partition coefficient (Wildman–Crippen LogP) is 2.88. The Morgan fingerprint density at radius 2 is 1.77 bits per heavy atom. The molecular weight excluding hydrogens is 396 g/mol. The Morgan fingerprint density at radius 1 is 1.06 bits per heavy atom. The Hall–Kier alpha value is -2.90. The molecule has 2 amide bonds. The number of nitrogens with zero attached hydrogens (tertiary/aromatic N) is 2. The van der Waals surface area contributed by atoms with Gasteiger partial charge in [0.1, 0.15) is 5.75 Å². The van der Waals surface area contributed by atoms with Crippen LogP contribution >= 0.6 is 0 Å². The number of morpholine rings is 1. The summed E-state index contributed by atoms with van der Waals surface area (Å²) in [4.78, 5) is 29.8. The first-order valence-corrected chi connectivity index (χ1v) is 10.7. The minimum atomic E-state index is -0.740. The van der Waals surface area contributed by atoms with E-state index in [-0.39, 0.29) is 24.5 Å². The molecular formula is C24H28N2O5. The molecule has 1 fully saturated rings. The molecule has 0 bridgehead atoms. The molecule has 164 valence electrons. The smallest absolute Gasteiger partial charge is 0.265 e. The number of anilines is 1. The van der Waals surface area contributed by atoms with Gasteiger partial charge in [-0.2, -0.15) is 0 Å². The molecule has 4 rings (SSSR count). The highest BCUT2D eigenvalue weighted by atomic mass is 16.5. The molecule has 2 aliphatic rings. The van der Waals surface area contributed by atoms with Crippen molar-refractivity contribution in [1.82, 2.24) is 4.90 Å². The zero-order chi connectivity index (χ0) is 21.8. The second-order valence-corrected chi connectivity index (χ2v) is 7.98. The number of fused-ring (bicyclic) bond motifs is 1. The lowest BCUT2D eigenvalue weighted by molar-refractivity contribution is -0.142. The summed E-state index contributed by atoms with van der Waals surface area (Å²) >= 11 is 0. The summed E-state index contributed by atoms with van der Waals surface area (Å²) in [5.74, 6) is 0.263. The van der Waals surface area contributed by atoms with Gasteiger partial charge in [-0.15, -0.1) is 0 Å². The normalized spacial score (nSPS) is 18.5. The second kappa shape index (κ2) is 9.49. The molecule has 1 saturated heterocycles. The van der Waals surface area contributed by atoms with E-state index in [0.717, 1.165) is 5.56 Å². The Labute approximate surface area is 182 Å². The van der Waals surface area contributed by atoms with Crippen LogP contribution < -0.4 is 9.64 Å². The van der Waals surface area contributed by atoms with E-state index in [4.69, 9.17) is 14.2 Å². The number of amides is 2. The molecule has 2 aliphatic heterocycles. The van der Waals surface area contributed by atoms with Crippen LogP contribution in [0.1, 0.15) is 29.8 Å². The first-order valence-electron chi connectivity index (χ1n) is 10.7. The third-order valence-electron chi connectivity index (χ3n) is 5.40. The number of hydrogen-bond acceptors (Lipinski definition) is 5. The van der Waals surface area contributed by atoms with E-state index in [2.05, 4.69) is 0 Å². The Kier molecular flexibility index (Phi) is 6.53. The summed E-state index contributed by atoms with van der Waals surface area (Å²) in [6, 6.07) is 14.7. The molecule has 0 aliphatic carbocycles. The minimum absolute atomic E-state index is 0.114. The van der Waals surface area contributed by atoms with Gasteiger partial charge in [0.05, 0.1) is 38.2 Å². The standard InChI is InChI=1S/C24H28N2O5/c1-17(2)30-16-18-7-9-19(10-8-18)23(27)26-15-22(24(28)25-11-13-29-14-12-25)31-21-6-4-3-5-20(21)26/h3-10,17,22H,11-16H2,1-2H3/t22-/m0/s1. The molecule has 2 aromatic rings. The Balaban J connectivity index is 1.54. The van der Waals surface area contributed by atoms with E-state index in [0.29, 0.717) is 49.9 Å². The van der Waals surface area contributed by atoms with E-state index in [1.54, 1.807) is 28.0 Å². The minimum Gasteiger partial charge on any atom is -0.476 e. The lowest BCUT2D eigenvalue weighted by Gasteiger charge is -2.37. The van der Waals surface area contributed by atoms with Crippen LogP contribution in [0, 0.1) is 0 Å². The maximum absolute atomic E-state index is 13.4. The summed E-state index contributed by atoms with van der Waals surface area (Å²) in [5.41, 5.74) is 2.24. The molecule has 31 heavy (non-hydrogen) atoms. The molecule has 0 aromatic heterocycles. The lowest BCUT2D eigenvalue weighted by atomic mass is 10.1. The summed E-state index contributed by atoms with van der Waals surface area (Å²) in [6.07, 6.45) is -0.595. The summed E-state index contributed by atoms with van der Waals surface area (Å²) in [5, 5.41) is 0. The maximum atomic E-state index is 13.4. The fraction of sp³-hybridized carbons (Fsp3) is 0.417. The molecule has 7 heteroatoms. The van der Waals surface area contributed by atoms with Crippen LogP contribution in [0.3, 0.4) is 0 Å². The van der Waals surface area contributed by atoms with E-state index in [1.165, 1.54) is 0 Å². The van der Waals surface area contributed by atoms with Crippen molar-refractivity contribution < 1.29 is 23.8 Å². The van der Waals surface area contributed by atoms with Crippen molar-refractivity contribution in [1.29, 1.82) is 0 Å². The molecule has 2 aromatic carbocycles. The Bertz CT molecular complexity index is 922. The zero-order valence-corrected chi connectivity index (χ0v) is 18.0. The van der Waals surface area contributed by atoms with Crippen LogP contribution in [-0.2, 0) is 20.9 Å². The van der Waals surface area contributed by atoms with Crippen molar-refractivity contribution in [3.05, 3.63) is 59.7 Å². The molecule has 0 unspecified atom stereocenters. The largest absolute Gasteiger partial charge is 0.476 e. The quantitative estimate of drug-likeness (QED) is 0.738. The van der Waals surface area contributed by atoms with Gasteiger partial charge in [-0.3, -0.25) is 9.59 Å². The van der Waals surface area contributed by atoms with Crippen molar-refractivity contribution >= 4 is 17.5 Å². The van der Waals surface area contributed by atoms with Crippen LogP contribution in [0.4, 0.5) is 5.69 Å². The van der Waals surface area contributed by atoms with Gasteiger partial charge in [0.25, 0.3) is 11.8 Å². The molecule has 0 saturated carbocycles. The van der Waals surface area contributed by atoms with Crippen LogP contribution in [0.15, 0.2) is 48.5 Å². The van der Waals surface area contributed by atoms with Crippen molar-refractivity contribution in [2.24, 2.45) is 0 Å². The van der Waals surface area contributed by atoms with Gasteiger partial charge in [-0.05, 0) is 43.7 Å². The number of benzene rings is 2. The topological polar surface area (TPSA) is 68.3 Å². The summed E-state index contributed by atoms with van der Waals surface area (Å²) in [6.45, 7) is 6.76. The number of ether oxygens (including phenoxy) is 3. The van der Waals surface area contributed by atoms with Gasteiger partial charge in [-0.1, -0.05) is 24.3 Å². The molecule has 0 N–H and O–H groups in total. The lowest BCUT2D eigenvalue weighted by Crippen LogP contribution is -2.54. The van der Waals surface area contributed by atoms with Crippen molar-refractivity contribution in [2.75, 3.05) is 37.7 Å². The number of hydrogen-bond donors (Lipinski definition) is 0. The van der Waals surface area contributed by atoms with Crippen LogP contribution in [-0.4, -0.2) is 61.8 Å². The highest BCUT2D eigenvalue weighted by Gasteiger charge is 2.36. The average Bonchev–Trinajstić information content (AvgIpc) is 2.82. The van der Waals surface area contributed by atoms with Crippen molar-refractivity contribution in [3.63, 3.8) is 0 Å². The SMILES string of the molecule is CC(C)OCc1ccc(C(=O)N2C[C@@H](C(=O)N3CCOCC3)Oc3ccccc32)cc1. The highest BCUT2D eigenvalue weighted by molar-refractivity contribution is 6.07. The molecule has 0 spiro atoms. The third kappa shape index (κ3) is 4.89. The molecule has 0 radical (unpaired) electrons. The van der Waals surface area contributed by atoms with Crippen LogP contribution in [0.25, 0.3) is 0 Å². The van der Waals surface area contributed by atoms with Gasteiger partial charge in [0.15, 0.2) is 6.10 Å². The second-order valence-electron chi connectivity index (χ2n) is 7.98. The zero-order valence-electron chi connectivity index (χ0n) is 18.0. The van der Waals surface area contributed by atoms with Gasteiger partial charge >= 0.3 is 0 Å². The van der Waals surface area contributed by atoms with Crippen molar-refractivity contribution in [3.8, 4) is 5.75 Å². The van der Waals surface area contributed by atoms with Gasteiger partial charge in [0, 0.05) is 18.7 Å². The van der Waals surface area contributed by atoms with Gasteiger partial charge in [0.2, 0.25) is 0 Å². The number of carbonyl (C=O) groups excluding carboxylic acids is 2. The van der Waals surface area contributed by atoms with E-state index in [9.17, 15) is 9.59 Å². The number of rotatable bonds is 5. The average molecular weight is 424 g/mol. The van der Waals surface area contributed by atoms with Crippen LogP contribution in [0.5, 0.6) is 5.75 Å². The van der Waals surface area contributed by atoms with E-state index >= 15 is 0 Å². The van der Waals surface area contributed by atoms with Crippen LogP contribution in [0.2, 0.25) is 0 Å². The summed E-state index contributed by atoms with van der Waals surface area (Å²) in [7, 11) is 0. The fourth-order valence-electron chi connectivity index (χ4n) is 3.70. The van der Waals surface area contributed by atoms with Gasteiger partial charge in [-0.25, -0.2) is 0 Å². The molecule has 7 nitrogen and oxygen atoms in total. The van der Waals surface area contributed by atoms with Crippen molar-refractivity contribution in [2.45, 2.75) is 32.7 Å². The molecule has 1 atom stereocenters. The van der Waals surface area contributed by atoms with E-state index < -0.39 is 6.10 Å². The highest BCUT2D eigenvalue weighted by Crippen LogP contribution is 2.34. The van der Waals surface area contributed by atoms with Gasteiger partial charge < -0.3 is 24.0 Å². The molecule has 2 heterocycles. The first kappa shape index (κ1) is 21.3. The monoisotopic (exact) mass is 424 g/mol. The van der Waals surface area contributed by atoms with E-state index in [1.807, 2.05) is 44.2 Å². The Morgan fingerprint density at radius 3 is 2.48 bits per heavy atom. The maximum Gasteiger partial charge on any atom is 0.265 e. The third-order valence-corrected chi connectivity index (χ3v) is 5.40. The fourth-order valence-corrected chi connectivity index (χ4v) is 3.70. The predicted molar refractivity (Wildman–Crippen MR) is 116 cm³/mol.